The van der Waals surface area contributed by atoms with Gasteiger partial charge in [0.15, 0.2) is 0 Å². The SMILES string of the molecule is C=C(CC(C)C(C)(C)C)NC(CC(CC)C(C)(C)C)c1ccccc1. The topological polar surface area (TPSA) is 12.0 Å². The van der Waals surface area contributed by atoms with E-state index < -0.39 is 0 Å². The third kappa shape index (κ3) is 7.26. The molecule has 0 saturated carbocycles. The normalized spacial score (nSPS) is 16.2. The molecule has 0 spiro atoms. The van der Waals surface area contributed by atoms with Crippen molar-refractivity contribution in [1.29, 1.82) is 0 Å². The first kappa shape index (κ1) is 21.8. The Kier molecular flexibility index (Phi) is 7.78. The van der Waals surface area contributed by atoms with E-state index >= 15 is 0 Å². The first-order valence-corrected chi connectivity index (χ1v) is 9.94. The Morgan fingerprint density at radius 1 is 1.00 bits per heavy atom. The molecule has 3 unspecified atom stereocenters. The zero-order chi connectivity index (χ0) is 19.3. The molecule has 1 N–H and O–H groups in total. The van der Waals surface area contributed by atoms with E-state index in [4.69, 9.17) is 0 Å². The maximum atomic E-state index is 4.36. The van der Waals surface area contributed by atoms with Crippen molar-refractivity contribution in [3.63, 3.8) is 0 Å². The first-order valence-electron chi connectivity index (χ1n) is 9.94. The molecule has 25 heavy (non-hydrogen) atoms. The van der Waals surface area contributed by atoms with Crippen LogP contribution in [-0.2, 0) is 0 Å². The second-order valence-corrected chi connectivity index (χ2v) is 9.89. The smallest absolute Gasteiger partial charge is 0.0513 e. The zero-order valence-electron chi connectivity index (χ0n) is 17.9. The highest BCUT2D eigenvalue weighted by molar-refractivity contribution is 5.20. The van der Waals surface area contributed by atoms with Crippen LogP contribution < -0.4 is 5.32 Å². The lowest BCUT2D eigenvalue weighted by molar-refractivity contribution is 0.198. The third-order valence-corrected chi connectivity index (χ3v) is 5.85. The molecular formula is C24H41N. The molecule has 0 aliphatic rings. The van der Waals surface area contributed by atoms with Crippen LogP contribution in [0.1, 0.15) is 86.3 Å². The quantitative estimate of drug-likeness (QED) is 0.519. The average Bonchev–Trinajstić information content (AvgIpc) is 2.49. The van der Waals surface area contributed by atoms with Crippen LogP contribution in [0.2, 0.25) is 0 Å². The molecule has 1 nitrogen and oxygen atoms in total. The molecule has 1 aromatic rings. The number of nitrogens with one attached hydrogen (secondary N) is 1. The lowest BCUT2D eigenvalue weighted by atomic mass is 9.74. The largest absolute Gasteiger partial charge is 0.382 e. The van der Waals surface area contributed by atoms with E-state index in [2.05, 4.69) is 97.6 Å². The Morgan fingerprint density at radius 2 is 1.56 bits per heavy atom. The summed E-state index contributed by atoms with van der Waals surface area (Å²) in [5.41, 5.74) is 3.17. The van der Waals surface area contributed by atoms with Crippen molar-refractivity contribution in [2.75, 3.05) is 0 Å². The van der Waals surface area contributed by atoms with Gasteiger partial charge in [0.05, 0.1) is 6.04 Å². The summed E-state index contributed by atoms with van der Waals surface area (Å²) < 4.78 is 0. The molecule has 0 amide bonds. The minimum atomic E-state index is 0.310. The van der Waals surface area contributed by atoms with E-state index in [-0.39, 0.29) is 0 Å². The monoisotopic (exact) mass is 343 g/mol. The van der Waals surface area contributed by atoms with Crippen molar-refractivity contribution in [1.82, 2.24) is 5.32 Å². The van der Waals surface area contributed by atoms with Crippen LogP contribution in [0.15, 0.2) is 42.6 Å². The van der Waals surface area contributed by atoms with Crippen molar-refractivity contribution in [3.05, 3.63) is 48.2 Å². The van der Waals surface area contributed by atoms with Crippen LogP contribution in [0, 0.1) is 22.7 Å². The van der Waals surface area contributed by atoms with Gasteiger partial charge >= 0.3 is 0 Å². The summed E-state index contributed by atoms with van der Waals surface area (Å²) in [6.45, 7) is 23.0. The molecular weight excluding hydrogens is 302 g/mol. The van der Waals surface area contributed by atoms with Crippen LogP contribution in [0.25, 0.3) is 0 Å². The molecule has 0 aliphatic carbocycles. The van der Waals surface area contributed by atoms with Gasteiger partial charge in [-0.25, -0.2) is 0 Å². The molecule has 0 aliphatic heterocycles. The van der Waals surface area contributed by atoms with Crippen LogP contribution >= 0.6 is 0 Å². The molecule has 1 heteroatoms. The van der Waals surface area contributed by atoms with Gasteiger partial charge in [-0.15, -0.1) is 0 Å². The van der Waals surface area contributed by atoms with Gasteiger partial charge in [-0.05, 0) is 41.1 Å². The fraction of sp³-hybridized carbons (Fsp3) is 0.667. The summed E-state index contributed by atoms with van der Waals surface area (Å²) >= 11 is 0. The van der Waals surface area contributed by atoms with E-state index in [0.29, 0.717) is 28.7 Å². The molecule has 142 valence electrons. The lowest BCUT2D eigenvalue weighted by Gasteiger charge is -2.35. The Labute approximate surface area is 157 Å². The summed E-state index contributed by atoms with van der Waals surface area (Å²) in [7, 11) is 0. The lowest BCUT2D eigenvalue weighted by Crippen LogP contribution is -2.29. The van der Waals surface area contributed by atoms with Crippen LogP contribution in [0.4, 0.5) is 0 Å². The fourth-order valence-corrected chi connectivity index (χ4v) is 3.36. The number of hydrogen-bond donors (Lipinski definition) is 1. The van der Waals surface area contributed by atoms with Gasteiger partial charge in [0.1, 0.15) is 0 Å². The summed E-state index contributed by atoms with van der Waals surface area (Å²) in [6, 6.07) is 11.2. The van der Waals surface area contributed by atoms with E-state index in [1.54, 1.807) is 0 Å². The zero-order valence-corrected chi connectivity index (χ0v) is 17.9. The summed E-state index contributed by atoms with van der Waals surface area (Å²) in [6.07, 6.45) is 3.38. The second kappa shape index (κ2) is 8.92. The Bertz CT molecular complexity index is 515. The number of allylic oxidation sites excluding steroid dienone is 1. The summed E-state index contributed by atoms with van der Waals surface area (Å²) in [4.78, 5) is 0. The van der Waals surface area contributed by atoms with Crippen molar-refractivity contribution in [3.8, 4) is 0 Å². The number of rotatable bonds is 8. The molecule has 3 atom stereocenters. The van der Waals surface area contributed by atoms with Gasteiger partial charge < -0.3 is 5.32 Å². The minimum Gasteiger partial charge on any atom is -0.382 e. The van der Waals surface area contributed by atoms with E-state index in [0.717, 1.165) is 12.8 Å². The van der Waals surface area contributed by atoms with Crippen molar-refractivity contribution < 1.29 is 0 Å². The van der Waals surface area contributed by atoms with Crippen LogP contribution in [0.3, 0.4) is 0 Å². The molecule has 0 aromatic heterocycles. The van der Waals surface area contributed by atoms with E-state index in [1.807, 2.05) is 0 Å². The predicted octanol–water partition coefficient (Wildman–Crippen LogP) is 7.37. The molecule has 0 bridgehead atoms. The molecule has 0 fully saturated rings. The highest BCUT2D eigenvalue weighted by Crippen LogP contribution is 2.37. The van der Waals surface area contributed by atoms with Crippen LogP contribution in [0.5, 0.6) is 0 Å². The van der Waals surface area contributed by atoms with Crippen molar-refractivity contribution in [2.45, 2.75) is 80.7 Å². The van der Waals surface area contributed by atoms with Gasteiger partial charge in [-0.3, -0.25) is 0 Å². The van der Waals surface area contributed by atoms with Crippen molar-refractivity contribution in [2.24, 2.45) is 22.7 Å². The van der Waals surface area contributed by atoms with Gasteiger partial charge in [0.2, 0.25) is 0 Å². The maximum Gasteiger partial charge on any atom is 0.0513 e. The Hall–Kier alpha value is -1.24. The summed E-state index contributed by atoms with van der Waals surface area (Å²) in [5, 5.41) is 3.78. The van der Waals surface area contributed by atoms with Crippen LogP contribution in [-0.4, -0.2) is 0 Å². The summed E-state index contributed by atoms with van der Waals surface area (Å²) in [5.74, 6) is 1.28. The Balaban J connectivity index is 2.91. The highest BCUT2D eigenvalue weighted by atomic mass is 14.9. The van der Waals surface area contributed by atoms with Gasteiger partial charge in [0, 0.05) is 5.70 Å². The van der Waals surface area contributed by atoms with E-state index in [9.17, 15) is 0 Å². The molecule has 0 heterocycles. The standard InChI is InChI=1S/C24H41N/c1-10-21(24(7,8)9)17-22(20-14-12-11-13-15-20)25-19(3)16-18(2)23(4,5)6/h11-15,18,21-22,25H,3,10,16-17H2,1-2,4-9H3. The second-order valence-electron chi connectivity index (χ2n) is 9.89. The minimum absolute atomic E-state index is 0.310. The van der Waals surface area contributed by atoms with Gasteiger partial charge in [-0.2, -0.15) is 0 Å². The molecule has 1 rings (SSSR count). The first-order chi connectivity index (χ1) is 11.4. The number of hydrogen-bond acceptors (Lipinski definition) is 1. The Morgan fingerprint density at radius 3 is 2.00 bits per heavy atom. The van der Waals surface area contributed by atoms with Gasteiger partial charge in [0.25, 0.3) is 0 Å². The molecule has 1 aromatic carbocycles. The molecule has 0 saturated heterocycles. The van der Waals surface area contributed by atoms with Crippen molar-refractivity contribution >= 4 is 0 Å². The van der Waals surface area contributed by atoms with Gasteiger partial charge in [-0.1, -0.05) is 98.7 Å². The average molecular weight is 344 g/mol. The molecule has 0 radical (unpaired) electrons. The van der Waals surface area contributed by atoms with E-state index in [1.165, 1.54) is 17.7 Å². The number of benzene rings is 1. The highest BCUT2D eigenvalue weighted by Gasteiger charge is 2.27. The maximum absolute atomic E-state index is 4.36. The predicted molar refractivity (Wildman–Crippen MR) is 113 cm³/mol. The fourth-order valence-electron chi connectivity index (χ4n) is 3.36. The third-order valence-electron chi connectivity index (χ3n) is 5.85.